The Hall–Kier alpha value is -1.65. The fourth-order valence-electron chi connectivity index (χ4n) is 2.80. The number of piperazine rings is 1. The molecule has 0 bridgehead atoms. The highest BCUT2D eigenvalue weighted by Crippen LogP contribution is 2.22. The SMILES string of the molecule is CCC(CC)C(=O)N1CCN(c2ccc(F)cc2F)CC1. The number of hydrogen-bond acceptors (Lipinski definition) is 2. The lowest BCUT2D eigenvalue weighted by atomic mass is 10.0. The number of carbonyl (C=O) groups is 1. The van der Waals surface area contributed by atoms with Crippen LogP contribution in [0.15, 0.2) is 18.2 Å². The molecule has 1 fully saturated rings. The first-order valence-electron chi connectivity index (χ1n) is 7.55. The molecule has 1 aromatic rings. The van der Waals surface area contributed by atoms with Gasteiger partial charge >= 0.3 is 0 Å². The van der Waals surface area contributed by atoms with Gasteiger partial charge in [0.2, 0.25) is 5.91 Å². The molecule has 1 heterocycles. The Morgan fingerprint density at radius 1 is 1.14 bits per heavy atom. The summed E-state index contributed by atoms with van der Waals surface area (Å²) in [5.74, 6) is -0.841. The summed E-state index contributed by atoms with van der Waals surface area (Å²) in [4.78, 5) is 16.0. The highest BCUT2D eigenvalue weighted by atomic mass is 19.1. The molecule has 0 atom stereocenters. The second-order valence-corrected chi connectivity index (χ2v) is 5.42. The molecule has 0 aliphatic carbocycles. The first-order valence-corrected chi connectivity index (χ1v) is 7.55. The van der Waals surface area contributed by atoms with Crippen molar-refractivity contribution in [2.75, 3.05) is 31.1 Å². The maximum absolute atomic E-state index is 13.8. The Balaban J connectivity index is 1.98. The standard InChI is InChI=1S/C16H22F2N2O/c1-3-12(4-2)16(21)20-9-7-19(8-10-20)15-6-5-13(17)11-14(15)18/h5-6,11-12H,3-4,7-10H2,1-2H3. The van der Waals surface area contributed by atoms with Crippen molar-refractivity contribution in [1.82, 2.24) is 4.90 Å². The van der Waals surface area contributed by atoms with Crippen LogP contribution in [0.25, 0.3) is 0 Å². The molecule has 0 radical (unpaired) electrons. The van der Waals surface area contributed by atoms with Crippen LogP contribution in [0.1, 0.15) is 26.7 Å². The zero-order valence-electron chi connectivity index (χ0n) is 12.6. The highest BCUT2D eigenvalue weighted by molar-refractivity contribution is 5.79. The van der Waals surface area contributed by atoms with E-state index in [1.807, 2.05) is 23.6 Å². The third kappa shape index (κ3) is 3.52. The van der Waals surface area contributed by atoms with Crippen molar-refractivity contribution < 1.29 is 13.6 Å². The van der Waals surface area contributed by atoms with E-state index in [1.165, 1.54) is 12.1 Å². The lowest BCUT2D eigenvalue weighted by Gasteiger charge is -2.37. The predicted molar refractivity (Wildman–Crippen MR) is 79.2 cm³/mol. The third-order valence-corrected chi connectivity index (χ3v) is 4.18. The summed E-state index contributed by atoms with van der Waals surface area (Å²) in [6, 6.07) is 3.63. The van der Waals surface area contributed by atoms with Gasteiger partial charge in [-0.1, -0.05) is 13.8 Å². The minimum atomic E-state index is -0.571. The Kier molecular flexibility index (Phi) is 5.15. The maximum atomic E-state index is 13.8. The van der Waals surface area contributed by atoms with Gasteiger partial charge in [0.15, 0.2) is 0 Å². The molecule has 0 unspecified atom stereocenters. The number of rotatable bonds is 4. The molecule has 0 spiro atoms. The Bertz CT molecular complexity index is 495. The Labute approximate surface area is 124 Å². The molecule has 21 heavy (non-hydrogen) atoms. The Morgan fingerprint density at radius 3 is 2.29 bits per heavy atom. The quantitative estimate of drug-likeness (QED) is 0.852. The van der Waals surface area contributed by atoms with Crippen molar-refractivity contribution in [3.05, 3.63) is 29.8 Å². The predicted octanol–water partition coefficient (Wildman–Crippen LogP) is 3.05. The van der Waals surface area contributed by atoms with E-state index in [4.69, 9.17) is 0 Å². The van der Waals surface area contributed by atoms with Gasteiger partial charge in [0.05, 0.1) is 5.69 Å². The second-order valence-electron chi connectivity index (χ2n) is 5.42. The first kappa shape index (κ1) is 15.7. The highest BCUT2D eigenvalue weighted by Gasteiger charge is 2.26. The summed E-state index contributed by atoms with van der Waals surface area (Å²) in [6.07, 6.45) is 1.70. The van der Waals surface area contributed by atoms with E-state index < -0.39 is 11.6 Å². The number of carbonyl (C=O) groups excluding carboxylic acids is 1. The summed E-state index contributed by atoms with van der Waals surface area (Å²) in [5, 5.41) is 0. The van der Waals surface area contributed by atoms with Gasteiger partial charge < -0.3 is 9.80 Å². The van der Waals surface area contributed by atoms with E-state index in [9.17, 15) is 13.6 Å². The number of benzene rings is 1. The summed E-state index contributed by atoms with van der Waals surface area (Å²) in [6.45, 7) is 6.38. The van der Waals surface area contributed by atoms with Crippen molar-refractivity contribution in [2.24, 2.45) is 5.92 Å². The summed E-state index contributed by atoms with van der Waals surface area (Å²) >= 11 is 0. The van der Waals surface area contributed by atoms with Gasteiger partial charge in [0.1, 0.15) is 11.6 Å². The van der Waals surface area contributed by atoms with Gasteiger partial charge in [0, 0.05) is 38.2 Å². The van der Waals surface area contributed by atoms with Crippen molar-refractivity contribution in [3.63, 3.8) is 0 Å². The molecule has 1 aromatic carbocycles. The molecule has 1 saturated heterocycles. The molecule has 0 aromatic heterocycles. The fourth-order valence-corrected chi connectivity index (χ4v) is 2.80. The van der Waals surface area contributed by atoms with Crippen molar-refractivity contribution in [3.8, 4) is 0 Å². The topological polar surface area (TPSA) is 23.6 Å². The van der Waals surface area contributed by atoms with E-state index in [0.717, 1.165) is 18.9 Å². The van der Waals surface area contributed by atoms with E-state index in [-0.39, 0.29) is 11.8 Å². The molecular formula is C16H22F2N2O. The minimum Gasteiger partial charge on any atom is -0.366 e. The molecular weight excluding hydrogens is 274 g/mol. The van der Waals surface area contributed by atoms with Crippen LogP contribution in [-0.2, 0) is 4.79 Å². The van der Waals surface area contributed by atoms with Gasteiger partial charge in [-0.15, -0.1) is 0 Å². The van der Waals surface area contributed by atoms with Crippen molar-refractivity contribution in [1.29, 1.82) is 0 Å². The molecule has 0 N–H and O–H groups in total. The summed E-state index contributed by atoms with van der Waals surface area (Å²) in [7, 11) is 0. The largest absolute Gasteiger partial charge is 0.366 e. The number of nitrogens with zero attached hydrogens (tertiary/aromatic N) is 2. The molecule has 0 saturated carbocycles. The zero-order chi connectivity index (χ0) is 15.4. The monoisotopic (exact) mass is 296 g/mol. The molecule has 3 nitrogen and oxygen atoms in total. The van der Waals surface area contributed by atoms with Gasteiger partial charge in [0.25, 0.3) is 0 Å². The van der Waals surface area contributed by atoms with Gasteiger partial charge in [-0.3, -0.25) is 4.79 Å². The van der Waals surface area contributed by atoms with Crippen LogP contribution in [0.4, 0.5) is 14.5 Å². The minimum absolute atomic E-state index is 0.0825. The lowest BCUT2D eigenvalue weighted by Crippen LogP contribution is -2.50. The van der Waals surface area contributed by atoms with Gasteiger partial charge in [-0.25, -0.2) is 8.78 Å². The van der Waals surface area contributed by atoms with Crippen LogP contribution in [0.5, 0.6) is 0 Å². The third-order valence-electron chi connectivity index (χ3n) is 4.18. The van der Waals surface area contributed by atoms with Crippen LogP contribution in [0, 0.1) is 17.6 Å². The molecule has 1 aliphatic heterocycles. The molecule has 116 valence electrons. The second kappa shape index (κ2) is 6.87. The fraction of sp³-hybridized carbons (Fsp3) is 0.562. The van der Waals surface area contributed by atoms with E-state index >= 15 is 0 Å². The summed E-state index contributed by atoms with van der Waals surface area (Å²) < 4.78 is 26.7. The molecule has 1 amide bonds. The maximum Gasteiger partial charge on any atom is 0.225 e. The van der Waals surface area contributed by atoms with Crippen molar-refractivity contribution >= 4 is 11.6 Å². The number of amides is 1. The van der Waals surface area contributed by atoms with Crippen LogP contribution in [0.2, 0.25) is 0 Å². The van der Waals surface area contributed by atoms with Crippen molar-refractivity contribution in [2.45, 2.75) is 26.7 Å². The van der Waals surface area contributed by atoms with Crippen LogP contribution >= 0.6 is 0 Å². The first-order chi connectivity index (χ1) is 10.1. The van der Waals surface area contributed by atoms with Gasteiger partial charge in [-0.2, -0.15) is 0 Å². The molecule has 5 heteroatoms. The average Bonchev–Trinajstić information content (AvgIpc) is 2.48. The van der Waals surface area contributed by atoms with Crippen LogP contribution < -0.4 is 4.90 Å². The molecule has 1 aliphatic rings. The Morgan fingerprint density at radius 2 is 1.76 bits per heavy atom. The smallest absolute Gasteiger partial charge is 0.225 e. The number of hydrogen-bond donors (Lipinski definition) is 0. The summed E-state index contributed by atoms with van der Waals surface area (Å²) in [5.41, 5.74) is 0.408. The number of halogens is 2. The van der Waals surface area contributed by atoms with E-state index in [0.29, 0.717) is 31.9 Å². The average molecular weight is 296 g/mol. The lowest BCUT2D eigenvalue weighted by molar-refractivity contribution is -0.136. The van der Waals surface area contributed by atoms with Crippen LogP contribution in [-0.4, -0.2) is 37.0 Å². The zero-order valence-corrected chi connectivity index (χ0v) is 12.6. The van der Waals surface area contributed by atoms with E-state index in [2.05, 4.69) is 0 Å². The molecule has 2 rings (SSSR count). The van der Waals surface area contributed by atoms with E-state index in [1.54, 1.807) is 0 Å². The van der Waals surface area contributed by atoms with Crippen LogP contribution in [0.3, 0.4) is 0 Å². The number of anilines is 1. The van der Waals surface area contributed by atoms with Gasteiger partial charge in [-0.05, 0) is 25.0 Å². The normalized spacial score (nSPS) is 15.7.